The molecule has 0 radical (unpaired) electrons. The fourth-order valence-electron chi connectivity index (χ4n) is 3.33. The minimum absolute atomic E-state index is 0.00389. The Morgan fingerprint density at radius 1 is 1.43 bits per heavy atom. The average molecular weight is 293 g/mol. The van der Waals surface area contributed by atoms with Crippen molar-refractivity contribution < 1.29 is 9.66 Å². The molecule has 2 saturated heterocycles. The average Bonchev–Trinajstić information content (AvgIpc) is 2.94. The zero-order chi connectivity index (χ0) is 14.8. The van der Waals surface area contributed by atoms with Gasteiger partial charge < -0.3 is 15.0 Å². The summed E-state index contributed by atoms with van der Waals surface area (Å²) >= 11 is 0. The molecule has 1 aromatic heterocycles. The molecular formula is C13H19N5O3. The molecule has 0 spiro atoms. The second-order valence-corrected chi connectivity index (χ2v) is 5.53. The van der Waals surface area contributed by atoms with Crippen molar-refractivity contribution in [2.75, 3.05) is 25.5 Å². The van der Waals surface area contributed by atoms with E-state index in [-0.39, 0.29) is 23.4 Å². The van der Waals surface area contributed by atoms with Crippen LogP contribution in [0, 0.1) is 10.1 Å². The van der Waals surface area contributed by atoms with E-state index in [4.69, 9.17) is 4.74 Å². The lowest BCUT2D eigenvalue weighted by Gasteiger charge is -2.35. The van der Waals surface area contributed by atoms with E-state index in [1.807, 2.05) is 0 Å². The van der Waals surface area contributed by atoms with Crippen LogP contribution in [0.2, 0.25) is 0 Å². The maximum absolute atomic E-state index is 11.2. The minimum atomic E-state index is -0.494. The summed E-state index contributed by atoms with van der Waals surface area (Å²) < 4.78 is 4.96. The van der Waals surface area contributed by atoms with Crippen LogP contribution in [-0.2, 0) is 0 Å². The summed E-state index contributed by atoms with van der Waals surface area (Å²) in [4.78, 5) is 21.1. The molecule has 0 aliphatic carbocycles. The molecule has 2 atom stereocenters. The number of rotatable bonds is 4. The van der Waals surface area contributed by atoms with E-state index in [1.165, 1.54) is 32.8 Å². The van der Waals surface area contributed by atoms with E-state index in [0.29, 0.717) is 6.04 Å². The highest BCUT2D eigenvalue weighted by Crippen LogP contribution is 2.33. The summed E-state index contributed by atoms with van der Waals surface area (Å²) in [6.45, 7) is 2.22. The summed E-state index contributed by atoms with van der Waals surface area (Å²) in [6.07, 6.45) is 5.73. The van der Waals surface area contributed by atoms with Crippen LogP contribution in [0.3, 0.4) is 0 Å². The molecule has 0 aromatic carbocycles. The molecule has 2 aliphatic heterocycles. The predicted octanol–water partition coefficient (Wildman–Crippen LogP) is 1.43. The van der Waals surface area contributed by atoms with Gasteiger partial charge in [0.1, 0.15) is 6.33 Å². The first-order valence-electron chi connectivity index (χ1n) is 7.23. The number of ether oxygens (including phenoxy) is 1. The van der Waals surface area contributed by atoms with Crippen molar-refractivity contribution >= 4 is 11.5 Å². The van der Waals surface area contributed by atoms with Crippen LogP contribution in [0.15, 0.2) is 6.33 Å². The number of fused-ring (bicyclic) bond motifs is 1. The topological polar surface area (TPSA) is 93.4 Å². The van der Waals surface area contributed by atoms with Gasteiger partial charge in [-0.3, -0.25) is 10.1 Å². The molecular weight excluding hydrogens is 274 g/mol. The molecule has 2 unspecified atom stereocenters. The molecule has 1 aromatic rings. The Morgan fingerprint density at radius 3 is 3.05 bits per heavy atom. The van der Waals surface area contributed by atoms with E-state index < -0.39 is 4.92 Å². The summed E-state index contributed by atoms with van der Waals surface area (Å²) in [5.74, 6) is 0.249. The first kappa shape index (κ1) is 14.0. The van der Waals surface area contributed by atoms with Gasteiger partial charge in [0, 0.05) is 18.6 Å². The van der Waals surface area contributed by atoms with Crippen molar-refractivity contribution in [1.29, 1.82) is 0 Å². The van der Waals surface area contributed by atoms with Crippen LogP contribution >= 0.6 is 0 Å². The molecule has 2 fully saturated rings. The smallest absolute Gasteiger partial charge is 0.372 e. The molecule has 2 aliphatic rings. The lowest BCUT2D eigenvalue weighted by atomic mass is 9.97. The first-order chi connectivity index (χ1) is 10.2. The van der Waals surface area contributed by atoms with Crippen molar-refractivity contribution in [3.8, 4) is 5.88 Å². The van der Waals surface area contributed by atoms with Gasteiger partial charge in [0.25, 0.3) is 5.88 Å². The third kappa shape index (κ3) is 2.76. The Hall–Kier alpha value is -1.96. The fourth-order valence-corrected chi connectivity index (χ4v) is 3.33. The normalized spacial score (nSPS) is 25.4. The highest BCUT2D eigenvalue weighted by Gasteiger charge is 2.33. The Kier molecular flexibility index (Phi) is 3.87. The summed E-state index contributed by atoms with van der Waals surface area (Å²) in [5.41, 5.74) is -0.186. The largest absolute Gasteiger partial charge is 0.476 e. The number of hydrogen-bond acceptors (Lipinski definition) is 7. The van der Waals surface area contributed by atoms with E-state index in [1.54, 1.807) is 0 Å². The maximum atomic E-state index is 11.2. The number of nitrogens with zero attached hydrogens (tertiary/aromatic N) is 4. The number of nitro groups is 1. The first-order valence-corrected chi connectivity index (χ1v) is 7.23. The fraction of sp³-hybridized carbons (Fsp3) is 0.692. The third-order valence-electron chi connectivity index (χ3n) is 4.33. The SMILES string of the molecule is COc1ncnc(NC2CCN3CCCC3C2)c1[N+](=O)[O-]. The van der Waals surface area contributed by atoms with Gasteiger partial charge in [-0.05, 0) is 32.2 Å². The van der Waals surface area contributed by atoms with Gasteiger partial charge in [0.15, 0.2) is 0 Å². The molecule has 0 bridgehead atoms. The number of piperidine rings is 1. The zero-order valence-corrected chi connectivity index (χ0v) is 12.0. The minimum Gasteiger partial charge on any atom is -0.476 e. The van der Waals surface area contributed by atoms with Crippen molar-refractivity contribution in [3.05, 3.63) is 16.4 Å². The standard InChI is InChI=1S/C13H19N5O3/c1-21-13-11(18(19)20)12(14-8-15-13)16-9-4-6-17-5-2-3-10(17)7-9/h8-10H,2-7H2,1H3,(H,14,15,16). The lowest BCUT2D eigenvalue weighted by Crippen LogP contribution is -2.42. The summed E-state index contributed by atoms with van der Waals surface area (Å²) in [6, 6.07) is 0.807. The molecule has 1 N–H and O–H groups in total. The van der Waals surface area contributed by atoms with Gasteiger partial charge in [-0.2, -0.15) is 4.98 Å². The van der Waals surface area contributed by atoms with E-state index in [9.17, 15) is 10.1 Å². The van der Waals surface area contributed by atoms with Gasteiger partial charge in [-0.15, -0.1) is 0 Å². The van der Waals surface area contributed by atoms with Gasteiger partial charge in [-0.1, -0.05) is 0 Å². The molecule has 8 heteroatoms. The number of nitrogens with one attached hydrogen (secondary N) is 1. The molecule has 0 amide bonds. The molecule has 8 nitrogen and oxygen atoms in total. The van der Waals surface area contributed by atoms with Gasteiger partial charge in [-0.25, -0.2) is 4.98 Å². The molecule has 21 heavy (non-hydrogen) atoms. The van der Waals surface area contributed by atoms with Gasteiger partial charge in [0.05, 0.1) is 12.0 Å². The van der Waals surface area contributed by atoms with Crippen molar-refractivity contribution in [1.82, 2.24) is 14.9 Å². The Labute approximate surface area is 122 Å². The molecule has 0 saturated carbocycles. The zero-order valence-electron chi connectivity index (χ0n) is 12.0. The highest BCUT2D eigenvalue weighted by molar-refractivity contribution is 5.61. The number of anilines is 1. The Balaban J connectivity index is 1.77. The highest BCUT2D eigenvalue weighted by atomic mass is 16.6. The van der Waals surface area contributed by atoms with Crippen molar-refractivity contribution in [2.24, 2.45) is 0 Å². The van der Waals surface area contributed by atoms with Gasteiger partial charge >= 0.3 is 5.69 Å². The Bertz CT molecular complexity index is 539. The second-order valence-electron chi connectivity index (χ2n) is 5.53. The van der Waals surface area contributed by atoms with Crippen molar-refractivity contribution in [3.63, 3.8) is 0 Å². The van der Waals surface area contributed by atoms with Crippen molar-refractivity contribution in [2.45, 2.75) is 37.8 Å². The molecule has 3 heterocycles. The number of hydrogen-bond donors (Lipinski definition) is 1. The van der Waals surface area contributed by atoms with E-state index in [0.717, 1.165) is 19.4 Å². The summed E-state index contributed by atoms with van der Waals surface area (Å²) in [5, 5.41) is 14.4. The lowest BCUT2D eigenvalue weighted by molar-refractivity contribution is -0.385. The number of methoxy groups -OCH3 is 1. The van der Waals surface area contributed by atoms with Gasteiger partial charge in [0.2, 0.25) is 5.82 Å². The monoisotopic (exact) mass is 293 g/mol. The Morgan fingerprint density at radius 2 is 2.29 bits per heavy atom. The quantitative estimate of drug-likeness (QED) is 0.663. The van der Waals surface area contributed by atoms with Crippen LogP contribution < -0.4 is 10.1 Å². The van der Waals surface area contributed by atoms with Crippen LogP contribution in [0.4, 0.5) is 11.5 Å². The van der Waals surface area contributed by atoms with E-state index in [2.05, 4.69) is 20.2 Å². The van der Waals surface area contributed by atoms with Crippen LogP contribution in [-0.4, -0.2) is 52.1 Å². The maximum Gasteiger partial charge on any atom is 0.372 e. The molecule has 114 valence electrons. The third-order valence-corrected chi connectivity index (χ3v) is 4.33. The second kappa shape index (κ2) is 5.80. The number of aromatic nitrogens is 2. The molecule has 3 rings (SSSR count). The van der Waals surface area contributed by atoms with E-state index >= 15 is 0 Å². The van der Waals surface area contributed by atoms with Crippen LogP contribution in [0.1, 0.15) is 25.7 Å². The van der Waals surface area contributed by atoms with Crippen LogP contribution in [0.5, 0.6) is 5.88 Å². The van der Waals surface area contributed by atoms with Crippen LogP contribution in [0.25, 0.3) is 0 Å². The predicted molar refractivity (Wildman–Crippen MR) is 76.5 cm³/mol. The summed E-state index contributed by atoms with van der Waals surface area (Å²) in [7, 11) is 1.37.